The minimum Gasteiger partial charge on any atom is -0.305 e. The molecular formula is C34H22IrN2S-2. The summed E-state index contributed by atoms with van der Waals surface area (Å²) in [7, 11) is 0. The Bertz CT molecular complexity index is 1710. The van der Waals surface area contributed by atoms with E-state index in [2.05, 4.69) is 83.8 Å². The zero-order valence-electron chi connectivity index (χ0n) is 20.3. The first-order valence-corrected chi connectivity index (χ1v) is 12.9. The first kappa shape index (κ1) is 25.7. The zero-order chi connectivity index (χ0) is 24.9. The number of pyridine rings is 2. The Morgan fingerprint density at radius 1 is 0.553 bits per heavy atom. The van der Waals surface area contributed by atoms with Crippen LogP contribution in [0, 0.1) is 12.1 Å². The van der Waals surface area contributed by atoms with Gasteiger partial charge in [-0.3, -0.25) is 0 Å². The molecule has 0 unspecified atom stereocenters. The molecule has 0 saturated carbocycles. The molecule has 0 aliphatic rings. The van der Waals surface area contributed by atoms with Crippen LogP contribution >= 0.6 is 11.3 Å². The number of aromatic nitrogens is 2. The molecule has 38 heavy (non-hydrogen) atoms. The molecule has 4 heteroatoms. The van der Waals surface area contributed by atoms with Crippen LogP contribution in [0.5, 0.6) is 0 Å². The summed E-state index contributed by atoms with van der Waals surface area (Å²) >= 11 is 1.81. The zero-order valence-corrected chi connectivity index (χ0v) is 23.5. The molecule has 7 aromatic rings. The second kappa shape index (κ2) is 12.1. The van der Waals surface area contributed by atoms with Crippen LogP contribution in [0.25, 0.3) is 53.8 Å². The minimum absolute atomic E-state index is 0. The molecule has 0 aliphatic heterocycles. The quantitative estimate of drug-likeness (QED) is 0.174. The molecule has 4 aromatic carbocycles. The molecule has 0 fully saturated rings. The van der Waals surface area contributed by atoms with E-state index in [0.717, 1.165) is 28.1 Å². The smallest absolute Gasteiger partial charge is 0.0239 e. The largest absolute Gasteiger partial charge is 0.305 e. The standard InChI is InChI=1S/C23H14NS.C11H8N.Ir/c1-2-7-16(8-3-1)17-13-14-21(24-15-17)20-11-6-10-19-18-9-4-5-12-22(18)25-23(19)20;1-2-6-10(7-3-1)11-8-4-5-9-12-11;/h1-10,12-15H;1-6,8-9H;/q2*-1;. The summed E-state index contributed by atoms with van der Waals surface area (Å²) in [5, 5.41) is 2.59. The van der Waals surface area contributed by atoms with Gasteiger partial charge in [-0.15, -0.1) is 59.7 Å². The van der Waals surface area contributed by atoms with E-state index in [9.17, 15) is 0 Å². The molecule has 1 radical (unpaired) electrons. The third kappa shape index (κ3) is 5.49. The van der Waals surface area contributed by atoms with E-state index in [1.54, 1.807) is 6.20 Å². The van der Waals surface area contributed by atoms with Gasteiger partial charge in [-0.05, 0) is 44.7 Å². The third-order valence-electron chi connectivity index (χ3n) is 6.12. The van der Waals surface area contributed by atoms with Crippen LogP contribution in [-0.4, -0.2) is 9.97 Å². The van der Waals surface area contributed by atoms with E-state index in [0.29, 0.717) is 0 Å². The maximum atomic E-state index is 4.72. The predicted molar refractivity (Wildman–Crippen MR) is 155 cm³/mol. The fourth-order valence-electron chi connectivity index (χ4n) is 4.30. The van der Waals surface area contributed by atoms with E-state index in [-0.39, 0.29) is 20.1 Å². The van der Waals surface area contributed by atoms with Gasteiger partial charge in [0.25, 0.3) is 0 Å². The number of fused-ring (bicyclic) bond motifs is 3. The first-order chi connectivity index (χ1) is 18.4. The number of thiophene rings is 1. The van der Waals surface area contributed by atoms with Gasteiger partial charge >= 0.3 is 0 Å². The van der Waals surface area contributed by atoms with Gasteiger partial charge in [0.2, 0.25) is 0 Å². The molecule has 0 aliphatic carbocycles. The van der Waals surface area contributed by atoms with Crippen molar-refractivity contribution in [3.05, 3.63) is 146 Å². The van der Waals surface area contributed by atoms with Gasteiger partial charge in [0.1, 0.15) is 0 Å². The molecular weight excluding hydrogens is 661 g/mol. The van der Waals surface area contributed by atoms with E-state index < -0.39 is 0 Å². The summed E-state index contributed by atoms with van der Waals surface area (Å²) in [4.78, 5) is 8.94. The maximum absolute atomic E-state index is 4.72. The van der Waals surface area contributed by atoms with Crippen molar-refractivity contribution in [2.75, 3.05) is 0 Å². The summed E-state index contributed by atoms with van der Waals surface area (Å²) in [6.07, 6.45) is 3.74. The number of hydrogen-bond acceptors (Lipinski definition) is 3. The molecule has 0 saturated heterocycles. The molecule has 7 rings (SSSR count). The van der Waals surface area contributed by atoms with Gasteiger partial charge in [0.15, 0.2) is 0 Å². The van der Waals surface area contributed by atoms with Crippen LogP contribution < -0.4 is 0 Å². The SMILES string of the molecule is [Ir].[c-]1ccc2c(sc3ccccc32)c1-c1ccc(-c2ccccc2)cn1.[c-]1ccccc1-c1ccccn1. The van der Waals surface area contributed by atoms with Crippen molar-refractivity contribution in [3.63, 3.8) is 0 Å². The Kier molecular flexibility index (Phi) is 8.15. The number of rotatable bonds is 3. The van der Waals surface area contributed by atoms with E-state index in [4.69, 9.17) is 4.98 Å². The Morgan fingerprint density at radius 3 is 2.13 bits per heavy atom. The van der Waals surface area contributed by atoms with Crippen LogP contribution in [0.3, 0.4) is 0 Å². The normalized spacial score (nSPS) is 10.4. The third-order valence-corrected chi connectivity index (χ3v) is 7.32. The summed E-state index contributed by atoms with van der Waals surface area (Å²) in [5.41, 5.74) is 6.38. The summed E-state index contributed by atoms with van der Waals surface area (Å²) in [6.45, 7) is 0. The number of benzene rings is 4. The van der Waals surface area contributed by atoms with Crippen molar-refractivity contribution in [1.29, 1.82) is 0 Å². The minimum atomic E-state index is 0. The van der Waals surface area contributed by atoms with Crippen molar-refractivity contribution in [2.45, 2.75) is 0 Å². The van der Waals surface area contributed by atoms with E-state index >= 15 is 0 Å². The Morgan fingerprint density at radius 2 is 1.37 bits per heavy atom. The van der Waals surface area contributed by atoms with Crippen molar-refractivity contribution < 1.29 is 20.1 Å². The molecule has 2 nitrogen and oxygen atoms in total. The van der Waals surface area contributed by atoms with Crippen molar-refractivity contribution in [1.82, 2.24) is 9.97 Å². The fourth-order valence-corrected chi connectivity index (χ4v) is 5.51. The Hall–Kier alpha value is -3.95. The second-order valence-electron chi connectivity index (χ2n) is 8.48. The van der Waals surface area contributed by atoms with E-state index in [1.807, 2.05) is 72.1 Å². The number of hydrogen-bond donors (Lipinski definition) is 0. The molecule has 3 aromatic heterocycles. The molecule has 0 bridgehead atoms. The van der Waals surface area contributed by atoms with E-state index in [1.165, 1.54) is 25.7 Å². The Balaban J connectivity index is 0.000000191. The van der Waals surface area contributed by atoms with Crippen LogP contribution in [0.2, 0.25) is 0 Å². The van der Waals surface area contributed by atoms with Crippen LogP contribution in [-0.2, 0) is 20.1 Å². The van der Waals surface area contributed by atoms with Gasteiger partial charge in [0, 0.05) is 37.2 Å². The first-order valence-electron chi connectivity index (χ1n) is 12.1. The monoisotopic (exact) mass is 683 g/mol. The number of nitrogens with zero attached hydrogens (tertiary/aromatic N) is 2. The maximum Gasteiger partial charge on any atom is 0.0239 e. The average Bonchev–Trinajstić information content (AvgIpc) is 3.38. The van der Waals surface area contributed by atoms with Gasteiger partial charge in [-0.25, -0.2) is 0 Å². The van der Waals surface area contributed by atoms with Crippen molar-refractivity contribution in [2.24, 2.45) is 0 Å². The summed E-state index contributed by atoms with van der Waals surface area (Å²) < 4.78 is 2.56. The summed E-state index contributed by atoms with van der Waals surface area (Å²) in [6, 6.07) is 47.5. The molecule has 0 N–H and O–H groups in total. The molecule has 0 atom stereocenters. The average molecular weight is 683 g/mol. The molecule has 0 amide bonds. The topological polar surface area (TPSA) is 25.8 Å². The van der Waals surface area contributed by atoms with Crippen LogP contribution in [0.1, 0.15) is 0 Å². The van der Waals surface area contributed by atoms with Gasteiger partial charge in [-0.2, -0.15) is 11.3 Å². The predicted octanol–water partition coefficient (Wildman–Crippen LogP) is 9.13. The molecule has 3 heterocycles. The van der Waals surface area contributed by atoms with Gasteiger partial charge in [0.05, 0.1) is 0 Å². The second-order valence-corrected chi connectivity index (χ2v) is 9.54. The van der Waals surface area contributed by atoms with Crippen LogP contribution in [0.4, 0.5) is 0 Å². The molecule has 0 spiro atoms. The fraction of sp³-hybridized carbons (Fsp3) is 0. The Labute approximate surface area is 240 Å². The van der Waals surface area contributed by atoms with Gasteiger partial charge in [-0.1, -0.05) is 78.2 Å². The van der Waals surface area contributed by atoms with Gasteiger partial charge < -0.3 is 9.97 Å². The molecule has 185 valence electrons. The summed E-state index contributed by atoms with van der Waals surface area (Å²) in [5.74, 6) is 0. The van der Waals surface area contributed by atoms with Crippen molar-refractivity contribution in [3.8, 4) is 33.6 Å². The van der Waals surface area contributed by atoms with Crippen LogP contribution in [0.15, 0.2) is 134 Å². The van der Waals surface area contributed by atoms with Crippen molar-refractivity contribution >= 4 is 31.5 Å².